The van der Waals surface area contributed by atoms with Crippen molar-refractivity contribution in [2.45, 2.75) is 51.0 Å². The van der Waals surface area contributed by atoms with E-state index in [1.54, 1.807) is 4.90 Å². The average Bonchev–Trinajstić information content (AvgIpc) is 3.10. The van der Waals surface area contributed by atoms with Gasteiger partial charge in [0.1, 0.15) is 13.0 Å². The molecule has 3 amide bonds. The van der Waals surface area contributed by atoms with E-state index < -0.39 is 8.07 Å². The van der Waals surface area contributed by atoms with Gasteiger partial charge in [-0.25, -0.2) is 9.69 Å². The van der Waals surface area contributed by atoms with Gasteiger partial charge in [0, 0.05) is 51.2 Å². The van der Waals surface area contributed by atoms with Gasteiger partial charge in [-0.2, -0.15) is 0 Å². The van der Waals surface area contributed by atoms with Gasteiger partial charge in [-0.05, 0) is 37.1 Å². The maximum Gasteiger partial charge on any atom is 0.333 e. The zero-order chi connectivity index (χ0) is 22.2. The highest BCUT2D eigenvalue weighted by Crippen LogP contribution is 2.40. The molecule has 1 aliphatic carbocycles. The number of nitrogens with zero attached hydrogens (tertiary/aromatic N) is 3. The van der Waals surface area contributed by atoms with Gasteiger partial charge in [0.05, 0.1) is 11.2 Å². The van der Waals surface area contributed by atoms with Crippen molar-refractivity contribution in [2.75, 3.05) is 24.8 Å². The molecule has 8 heteroatoms. The lowest BCUT2D eigenvalue weighted by Crippen LogP contribution is -2.53. The lowest BCUT2D eigenvalue weighted by atomic mass is 9.81. The van der Waals surface area contributed by atoms with E-state index in [2.05, 4.69) is 24.2 Å². The first kappa shape index (κ1) is 21.8. The Morgan fingerprint density at radius 1 is 1.16 bits per heavy atom. The molecule has 2 aromatic rings. The Morgan fingerprint density at radius 3 is 2.65 bits per heavy atom. The van der Waals surface area contributed by atoms with Crippen molar-refractivity contribution in [3.63, 3.8) is 0 Å². The summed E-state index contributed by atoms with van der Waals surface area (Å²) in [5.41, 5.74) is 1.86. The summed E-state index contributed by atoms with van der Waals surface area (Å²) in [6, 6.07) is 8.93. The minimum Gasteiger partial charge on any atom is -0.361 e. The molecule has 0 unspecified atom stereocenters. The summed E-state index contributed by atoms with van der Waals surface area (Å²) in [5.74, 6) is -0.0387. The second-order valence-electron chi connectivity index (χ2n) is 9.81. The summed E-state index contributed by atoms with van der Waals surface area (Å²) in [5, 5.41) is 0.986. The number of hydrogen-bond donors (Lipinski definition) is 0. The maximum atomic E-state index is 13.2. The number of ether oxygens (including phenoxy) is 1. The van der Waals surface area contributed by atoms with Crippen molar-refractivity contribution in [3.05, 3.63) is 30.5 Å². The highest BCUT2D eigenvalue weighted by Gasteiger charge is 2.35. The molecular weight excluding hydrogens is 410 g/mol. The molecule has 2 heterocycles. The van der Waals surface area contributed by atoms with Crippen LogP contribution in [0, 0.1) is 5.92 Å². The van der Waals surface area contributed by atoms with Gasteiger partial charge in [-0.3, -0.25) is 9.69 Å². The number of carbonyl (C=O) groups excluding carboxylic acids is 3. The number of benzene rings is 1. The summed E-state index contributed by atoms with van der Waals surface area (Å²) >= 11 is 0. The Bertz CT molecular complexity index is 990. The van der Waals surface area contributed by atoms with Crippen LogP contribution in [0.3, 0.4) is 0 Å². The highest BCUT2D eigenvalue weighted by molar-refractivity contribution is 6.76. The van der Waals surface area contributed by atoms with Crippen LogP contribution in [0.4, 0.5) is 10.5 Å². The first-order valence-corrected chi connectivity index (χ1v) is 14.7. The van der Waals surface area contributed by atoms with Crippen LogP contribution in [-0.2, 0) is 14.3 Å². The molecule has 2 fully saturated rings. The Balaban J connectivity index is 1.51. The minimum absolute atomic E-state index is 0.00475. The molecule has 7 nitrogen and oxygen atoms in total. The number of fused-ring (bicyclic) bond motifs is 1. The lowest BCUT2D eigenvalue weighted by Gasteiger charge is -2.35. The third-order valence-electron chi connectivity index (χ3n) is 6.30. The smallest absolute Gasteiger partial charge is 0.333 e. The van der Waals surface area contributed by atoms with Gasteiger partial charge in [0.25, 0.3) is 0 Å². The Kier molecular flexibility index (Phi) is 6.03. The molecule has 0 N–H and O–H groups in total. The summed E-state index contributed by atoms with van der Waals surface area (Å²) in [6.07, 6.45) is 5.08. The molecule has 0 radical (unpaired) electrons. The number of anilines is 1. The minimum atomic E-state index is -1.23. The van der Waals surface area contributed by atoms with Crippen molar-refractivity contribution in [1.29, 1.82) is 0 Å². The molecule has 4 rings (SSSR count). The van der Waals surface area contributed by atoms with E-state index in [0.717, 1.165) is 41.8 Å². The van der Waals surface area contributed by atoms with Crippen LogP contribution in [0.25, 0.3) is 10.9 Å². The van der Waals surface area contributed by atoms with Crippen LogP contribution in [0.5, 0.6) is 0 Å². The lowest BCUT2D eigenvalue weighted by molar-refractivity contribution is -0.133. The standard InChI is InChI=1S/C23H31N3O4Si/c1-31(2,3)12-11-30-16-26-22(28)8-10-25(23(26)29)21-6-4-5-20-19(21)7-9-24(20)18-13-17(14-18)15-27/h4-7,9,15,17-18H,8,10-14,16H2,1-3H3. The van der Waals surface area contributed by atoms with Crippen LogP contribution in [0.2, 0.25) is 25.7 Å². The van der Waals surface area contributed by atoms with Gasteiger partial charge in [-0.15, -0.1) is 0 Å². The van der Waals surface area contributed by atoms with E-state index >= 15 is 0 Å². The Labute approximate surface area is 183 Å². The fourth-order valence-electron chi connectivity index (χ4n) is 4.27. The largest absolute Gasteiger partial charge is 0.361 e. The van der Waals surface area contributed by atoms with Crippen molar-refractivity contribution in [3.8, 4) is 0 Å². The normalized spacial score (nSPS) is 22.2. The van der Waals surface area contributed by atoms with Crippen LogP contribution < -0.4 is 4.90 Å². The van der Waals surface area contributed by atoms with E-state index in [0.29, 0.717) is 19.2 Å². The number of aldehydes is 1. The predicted octanol–water partition coefficient (Wildman–Crippen LogP) is 4.26. The number of aromatic nitrogens is 1. The SMILES string of the molecule is C[Si](C)(C)CCOCN1C(=O)CCN(c2cccc3c2ccn3C2CC(C=O)C2)C1=O. The summed E-state index contributed by atoms with van der Waals surface area (Å²) < 4.78 is 7.90. The summed E-state index contributed by atoms with van der Waals surface area (Å²) in [4.78, 5) is 39.5. The molecule has 1 aromatic carbocycles. The number of urea groups is 1. The van der Waals surface area contributed by atoms with Gasteiger partial charge in [0.15, 0.2) is 0 Å². The highest BCUT2D eigenvalue weighted by atomic mass is 28.3. The molecule has 1 saturated heterocycles. The fraction of sp³-hybridized carbons (Fsp3) is 0.522. The molecule has 1 aliphatic heterocycles. The molecular formula is C23H31N3O4Si. The van der Waals surface area contributed by atoms with Gasteiger partial charge in [-0.1, -0.05) is 25.7 Å². The molecule has 1 saturated carbocycles. The van der Waals surface area contributed by atoms with Gasteiger partial charge in [0.2, 0.25) is 5.91 Å². The predicted molar refractivity (Wildman–Crippen MR) is 123 cm³/mol. The Morgan fingerprint density at radius 2 is 1.94 bits per heavy atom. The van der Waals surface area contributed by atoms with Crippen LogP contribution >= 0.6 is 0 Å². The molecule has 1 aromatic heterocycles. The van der Waals surface area contributed by atoms with Crippen molar-refractivity contribution < 1.29 is 19.1 Å². The van der Waals surface area contributed by atoms with E-state index in [-0.39, 0.29) is 31.0 Å². The average molecular weight is 442 g/mol. The van der Waals surface area contributed by atoms with E-state index in [1.807, 2.05) is 30.5 Å². The van der Waals surface area contributed by atoms with Crippen molar-refractivity contribution in [2.24, 2.45) is 5.92 Å². The van der Waals surface area contributed by atoms with E-state index in [9.17, 15) is 14.4 Å². The van der Waals surface area contributed by atoms with Crippen LogP contribution in [-0.4, -0.2) is 55.6 Å². The zero-order valence-electron chi connectivity index (χ0n) is 18.5. The molecule has 166 valence electrons. The van der Waals surface area contributed by atoms with Gasteiger partial charge < -0.3 is 14.1 Å². The van der Waals surface area contributed by atoms with Crippen molar-refractivity contribution in [1.82, 2.24) is 9.47 Å². The molecule has 2 aliphatic rings. The number of hydrogen-bond acceptors (Lipinski definition) is 4. The first-order chi connectivity index (χ1) is 14.8. The second kappa shape index (κ2) is 8.59. The summed E-state index contributed by atoms with van der Waals surface area (Å²) in [7, 11) is -1.23. The molecule has 0 atom stereocenters. The third-order valence-corrected chi connectivity index (χ3v) is 8.00. The first-order valence-electron chi connectivity index (χ1n) is 11.0. The maximum absolute atomic E-state index is 13.2. The van der Waals surface area contributed by atoms with Crippen molar-refractivity contribution >= 4 is 42.9 Å². The summed E-state index contributed by atoms with van der Waals surface area (Å²) in [6.45, 7) is 7.74. The second-order valence-corrected chi connectivity index (χ2v) is 15.4. The van der Waals surface area contributed by atoms with E-state index in [1.165, 1.54) is 4.90 Å². The van der Waals surface area contributed by atoms with Crippen LogP contribution in [0.15, 0.2) is 30.5 Å². The monoisotopic (exact) mass is 441 g/mol. The third kappa shape index (κ3) is 4.45. The number of carbonyl (C=O) groups is 3. The fourth-order valence-corrected chi connectivity index (χ4v) is 5.03. The van der Waals surface area contributed by atoms with Crippen LogP contribution in [0.1, 0.15) is 25.3 Å². The van der Waals surface area contributed by atoms with E-state index in [4.69, 9.17) is 4.74 Å². The zero-order valence-corrected chi connectivity index (χ0v) is 19.5. The Hall–Kier alpha value is -2.45. The molecule has 0 bridgehead atoms. The number of imide groups is 1. The topological polar surface area (TPSA) is 71.8 Å². The quantitative estimate of drug-likeness (QED) is 0.349. The van der Waals surface area contributed by atoms with Gasteiger partial charge >= 0.3 is 6.03 Å². The molecule has 0 spiro atoms. The number of rotatable bonds is 8. The number of amides is 3. The molecule has 31 heavy (non-hydrogen) atoms.